The quantitative estimate of drug-likeness (QED) is 0.667. The molecule has 2 aromatic rings. The molecular weight excluding hydrogens is 198 g/mol. The van der Waals surface area contributed by atoms with Gasteiger partial charge in [-0.05, 0) is 6.92 Å². The van der Waals surface area contributed by atoms with Gasteiger partial charge in [-0.3, -0.25) is 4.98 Å². The highest BCUT2D eigenvalue weighted by atomic mass is 19.2. The lowest BCUT2D eigenvalue weighted by Gasteiger charge is -1.98. The van der Waals surface area contributed by atoms with E-state index in [0.717, 1.165) is 12.1 Å². The number of rotatable bonds is 0. The Morgan fingerprint density at radius 1 is 1.00 bits per heavy atom. The van der Waals surface area contributed by atoms with Crippen LogP contribution >= 0.6 is 0 Å². The van der Waals surface area contributed by atoms with Crippen molar-refractivity contribution < 1.29 is 8.78 Å². The Morgan fingerprint density at radius 2 is 1.53 bits per heavy atom. The van der Waals surface area contributed by atoms with E-state index >= 15 is 0 Å². The van der Waals surface area contributed by atoms with E-state index in [2.05, 4.69) is 9.97 Å². The van der Waals surface area contributed by atoms with Crippen molar-refractivity contribution in [1.29, 1.82) is 0 Å². The smallest absolute Gasteiger partial charge is 0.161 e. The molecular formula is C11H12F2N2. The zero-order valence-electron chi connectivity index (χ0n) is 8.88. The lowest BCUT2D eigenvalue weighted by Crippen LogP contribution is -1.91. The first kappa shape index (κ1) is 11.5. The third-order valence-electron chi connectivity index (χ3n) is 1.70. The van der Waals surface area contributed by atoms with Crippen LogP contribution < -0.4 is 0 Å². The van der Waals surface area contributed by atoms with Crippen LogP contribution in [0.1, 0.15) is 19.5 Å². The second-order valence-electron chi connectivity index (χ2n) is 2.77. The molecule has 1 aromatic carbocycles. The summed E-state index contributed by atoms with van der Waals surface area (Å²) in [5.41, 5.74) is 1.42. The average Bonchev–Trinajstić information content (AvgIpc) is 2.23. The second-order valence-corrected chi connectivity index (χ2v) is 2.77. The number of aromatic nitrogens is 2. The van der Waals surface area contributed by atoms with E-state index in [1.54, 1.807) is 6.92 Å². The van der Waals surface area contributed by atoms with Crippen LogP contribution in [0.3, 0.4) is 0 Å². The van der Waals surface area contributed by atoms with Crippen LogP contribution in [-0.2, 0) is 0 Å². The largest absolute Gasteiger partial charge is 0.253 e. The monoisotopic (exact) mass is 210 g/mol. The molecule has 0 N–H and O–H groups in total. The van der Waals surface area contributed by atoms with Gasteiger partial charge in [0.05, 0.1) is 16.7 Å². The Balaban J connectivity index is 0.000000531. The zero-order chi connectivity index (χ0) is 11.4. The molecule has 0 radical (unpaired) electrons. The molecule has 0 amide bonds. The van der Waals surface area contributed by atoms with E-state index < -0.39 is 11.6 Å². The van der Waals surface area contributed by atoms with Gasteiger partial charge in [-0.1, -0.05) is 13.8 Å². The zero-order valence-corrected chi connectivity index (χ0v) is 8.88. The van der Waals surface area contributed by atoms with Gasteiger partial charge < -0.3 is 0 Å². The molecule has 4 heteroatoms. The van der Waals surface area contributed by atoms with Gasteiger partial charge in [0.15, 0.2) is 11.6 Å². The van der Waals surface area contributed by atoms with Crippen LogP contribution in [0.25, 0.3) is 11.0 Å². The second kappa shape index (κ2) is 4.77. The molecule has 0 fully saturated rings. The first-order valence-corrected chi connectivity index (χ1v) is 4.75. The highest BCUT2D eigenvalue weighted by molar-refractivity contribution is 5.73. The first-order valence-electron chi connectivity index (χ1n) is 4.75. The fraction of sp³-hybridized carbons (Fsp3) is 0.273. The molecule has 0 aliphatic heterocycles. The maximum atomic E-state index is 12.7. The number of aryl methyl sites for hydroxylation is 1. The van der Waals surface area contributed by atoms with Gasteiger partial charge in [-0.2, -0.15) is 0 Å². The SMILES string of the molecule is CC.Cc1cnc2cc(F)c(F)cc2n1. The molecule has 1 aromatic heterocycles. The lowest BCUT2D eigenvalue weighted by molar-refractivity contribution is 0.510. The van der Waals surface area contributed by atoms with Crippen molar-refractivity contribution in [3.63, 3.8) is 0 Å². The van der Waals surface area contributed by atoms with Gasteiger partial charge >= 0.3 is 0 Å². The topological polar surface area (TPSA) is 25.8 Å². The summed E-state index contributed by atoms with van der Waals surface area (Å²) in [5.74, 6) is -1.79. The molecule has 0 spiro atoms. The Morgan fingerprint density at radius 3 is 2.13 bits per heavy atom. The molecule has 80 valence electrons. The molecule has 0 bridgehead atoms. The predicted octanol–water partition coefficient (Wildman–Crippen LogP) is 3.24. The Labute approximate surface area is 87.0 Å². The fourth-order valence-electron chi connectivity index (χ4n) is 1.10. The summed E-state index contributed by atoms with van der Waals surface area (Å²) in [7, 11) is 0. The highest BCUT2D eigenvalue weighted by Crippen LogP contribution is 2.14. The highest BCUT2D eigenvalue weighted by Gasteiger charge is 2.05. The predicted molar refractivity (Wildman–Crippen MR) is 55.5 cm³/mol. The minimum absolute atomic E-state index is 0.365. The number of fused-ring (bicyclic) bond motifs is 1. The summed E-state index contributed by atoms with van der Waals surface area (Å²) < 4.78 is 25.4. The molecule has 1 heterocycles. The van der Waals surface area contributed by atoms with Crippen molar-refractivity contribution in [3.8, 4) is 0 Å². The Bertz CT molecular complexity index is 469. The molecule has 15 heavy (non-hydrogen) atoms. The Kier molecular flexibility index (Phi) is 3.66. The van der Waals surface area contributed by atoms with Crippen molar-refractivity contribution in [2.45, 2.75) is 20.8 Å². The minimum Gasteiger partial charge on any atom is -0.253 e. The number of benzene rings is 1. The maximum Gasteiger partial charge on any atom is 0.161 e. The molecule has 0 saturated carbocycles. The van der Waals surface area contributed by atoms with E-state index in [9.17, 15) is 8.78 Å². The normalized spacial score (nSPS) is 9.67. The number of halogens is 2. The third kappa shape index (κ3) is 2.46. The van der Waals surface area contributed by atoms with E-state index in [4.69, 9.17) is 0 Å². The maximum absolute atomic E-state index is 12.7. The molecule has 0 aliphatic rings. The molecule has 0 atom stereocenters. The van der Waals surface area contributed by atoms with Crippen LogP contribution in [0.5, 0.6) is 0 Å². The summed E-state index contributed by atoms with van der Waals surface area (Å²) >= 11 is 0. The molecule has 0 unspecified atom stereocenters. The van der Waals surface area contributed by atoms with Gasteiger partial charge in [0.25, 0.3) is 0 Å². The Hall–Kier alpha value is -1.58. The van der Waals surface area contributed by atoms with Gasteiger partial charge in [0.2, 0.25) is 0 Å². The summed E-state index contributed by atoms with van der Waals surface area (Å²) in [5, 5.41) is 0. The molecule has 0 saturated heterocycles. The summed E-state index contributed by atoms with van der Waals surface area (Å²) in [6.45, 7) is 5.74. The molecule has 0 aliphatic carbocycles. The van der Waals surface area contributed by atoms with Crippen molar-refractivity contribution in [2.24, 2.45) is 0 Å². The van der Waals surface area contributed by atoms with Crippen molar-refractivity contribution in [3.05, 3.63) is 35.7 Å². The minimum atomic E-state index is -0.898. The van der Waals surface area contributed by atoms with Gasteiger partial charge in [-0.15, -0.1) is 0 Å². The third-order valence-corrected chi connectivity index (χ3v) is 1.70. The molecule has 2 nitrogen and oxygen atoms in total. The number of hydrogen-bond acceptors (Lipinski definition) is 2. The van der Waals surface area contributed by atoms with Crippen LogP contribution in [0.2, 0.25) is 0 Å². The fourth-order valence-corrected chi connectivity index (χ4v) is 1.10. The van der Waals surface area contributed by atoms with Crippen LogP contribution in [0, 0.1) is 18.6 Å². The van der Waals surface area contributed by atoms with Crippen LogP contribution in [0.15, 0.2) is 18.3 Å². The van der Waals surface area contributed by atoms with Crippen molar-refractivity contribution in [1.82, 2.24) is 9.97 Å². The average molecular weight is 210 g/mol. The van der Waals surface area contributed by atoms with Crippen LogP contribution in [-0.4, -0.2) is 9.97 Å². The lowest BCUT2D eigenvalue weighted by atomic mass is 10.3. The summed E-state index contributed by atoms with van der Waals surface area (Å²) in [4.78, 5) is 7.92. The first-order chi connectivity index (χ1) is 7.16. The van der Waals surface area contributed by atoms with E-state index in [0.29, 0.717) is 16.7 Å². The van der Waals surface area contributed by atoms with E-state index in [-0.39, 0.29) is 0 Å². The van der Waals surface area contributed by atoms with Gasteiger partial charge in [0, 0.05) is 18.3 Å². The van der Waals surface area contributed by atoms with Gasteiger partial charge in [0.1, 0.15) is 0 Å². The van der Waals surface area contributed by atoms with Crippen molar-refractivity contribution >= 4 is 11.0 Å². The van der Waals surface area contributed by atoms with Crippen LogP contribution in [0.4, 0.5) is 8.78 Å². The summed E-state index contributed by atoms with van der Waals surface area (Å²) in [6, 6.07) is 2.09. The molecule has 2 rings (SSSR count). The number of hydrogen-bond donors (Lipinski definition) is 0. The van der Waals surface area contributed by atoms with Gasteiger partial charge in [-0.25, -0.2) is 13.8 Å². The summed E-state index contributed by atoms with van der Waals surface area (Å²) in [6.07, 6.45) is 1.51. The standard InChI is InChI=1S/C9H6F2N2.C2H6/c1-5-4-12-8-2-6(10)7(11)3-9(8)13-5;1-2/h2-4H,1H3;1-2H3. The van der Waals surface area contributed by atoms with E-state index in [1.165, 1.54) is 6.20 Å². The number of nitrogens with zero attached hydrogens (tertiary/aromatic N) is 2. The van der Waals surface area contributed by atoms with Crippen molar-refractivity contribution in [2.75, 3.05) is 0 Å². The van der Waals surface area contributed by atoms with E-state index in [1.807, 2.05) is 13.8 Å².